The van der Waals surface area contributed by atoms with Gasteiger partial charge in [0.05, 0.1) is 0 Å². The van der Waals surface area contributed by atoms with Gasteiger partial charge in [-0.15, -0.1) is 0 Å². The van der Waals surface area contributed by atoms with Crippen LogP contribution in [0.25, 0.3) is 0 Å². The van der Waals surface area contributed by atoms with E-state index in [1.807, 2.05) is 59.2 Å². The molecule has 0 aliphatic heterocycles. The maximum Gasteiger partial charge on any atom is 0.177 e. The van der Waals surface area contributed by atoms with E-state index in [0.717, 1.165) is 35.4 Å². The van der Waals surface area contributed by atoms with Crippen molar-refractivity contribution in [3.05, 3.63) is 125 Å². The van der Waals surface area contributed by atoms with Crippen LogP contribution in [0.3, 0.4) is 0 Å². The molecule has 4 rings (SSSR count). The SMILES string of the molecule is CCCCc1nc(C#N)c(C#N)n1C(c1ccccc1)(c1ccccc1)c1ccccc1. The van der Waals surface area contributed by atoms with Gasteiger partial charge in [-0.25, -0.2) is 4.98 Å². The Balaban J connectivity index is 2.21. The standard InChI is InChI=1S/C28H24N4/c1-2-3-19-27-31-25(20-29)26(21-30)32(27)28(22-13-7-4-8-14-22,23-15-9-5-10-16-23)24-17-11-6-12-18-24/h4-18H,2-3,19H2,1H3. The topological polar surface area (TPSA) is 65.4 Å². The van der Waals surface area contributed by atoms with Gasteiger partial charge >= 0.3 is 0 Å². The number of aryl methyl sites for hydroxylation is 1. The van der Waals surface area contributed by atoms with E-state index in [-0.39, 0.29) is 11.4 Å². The molecule has 0 aliphatic carbocycles. The van der Waals surface area contributed by atoms with Crippen molar-refractivity contribution >= 4 is 0 Å². The summed E-state index contributed by atoms with van der Waals surface area (Å²) in [5, 5.41) is 20.0. The van der Waals surface area contributed by atoms with Crippen LogP contribution in [0.5, 0.6) is 0 Å². The quantitative estimate of drug-likeness (QED) is 0.357. The van der Waals surface area contributed by atoms with Crippen LogP contribution in [0, 0.1) is 22.7 Å². The maximum atomic E-state index is 10.2. The highest BCUT2D eigenvalue weighted by Gasteiger charge is 2.42. The minimum absolute atomic E-state index is 0.172. The molecule has 0 spiro atoms. The number of unbranched alkanes of at least 4 members (excludes halogenated alkanes) is 1. The molecule has 3 aromatic carbocycles. The van der Waals surface area contributed by atoms with Crippen molar-refractivity contribution in [2.45, 2.75) is 31.7 Å². The molecule has 0 amide bonds. The second-order valence-electron chi connectivity index (χ2n) is 7.70. The summed E-state index contributed by atoms with van der Waals surface area (Å²) >= 11 is 0. The summed E-state index contributed by atoms with van der Waals surface area (Å²) in [5.74, 6) is 0.747. The van der Waals surface area contributed by atoms with E-state index in [4.69, 9.17) is 0 Å². The number of nitrogens with zero attached hydrogens (tertiary/aromatic N) is 4. The first-order valence-electron chi connectivity index (χ1n) is 10.9. The molecule has 0 fully saturated rings. The molecule has 4 nitrogen and oxygen atoms in total. The van der Waals surface area contributed by atoms with Gasteiger partial charge in [-0.2, -0.15) is 10.5 Å². The molecule has 0 saturated heterocycles. The first-order valence-corrected chi connectivity index (χ1v) is 10.9. The number of nitriles is 2. The highest BCUT2D eigenvalue weighted by Crippen LogP contribution is 2.43. The van der Waals surface area contributed by atoms with E-state index in [1.54, 1.807) is 0 Å². The Morgan fingerprint density at radius 3 is 1.59 bits per heavy atom. The first kappa shape index (κ1) is 21.1. The van der Waals surface area contributed by atoms with Gasteiger partial charge in [-0.1, -0.05) is 104 Å². The summed E-state index contributed by atoms with van der Waals surface area (Å²) in [6.07, 6.45) is 2.59. The van der Waals surface area contributed by atoms with Crippen molar-refractivity contribution in [1.82, 2.24) is 9.55 Å². The third-order valence-electron chi connectivity index (χ3n) is 5.82. The van der Waals surface area contributed by atoms with Gasteiger partial charge in [0.1, 0.15) is 23.5 Å². The molecule has 1 heterocycles. The summed E-state index contributed by atoms with van der Waals surface area (Å²) in [6.45, 7) is 2.13. The Labute approximate surface area is 189 Å². The Bertz CT molecular complexity index is 1160. The lowest BCUT2D eigenvalue weighted by molar-refractivity contribution is 0.483. The third-order valence-corrected chi connectivity index (χ3v) is 5.82. The average molecular weight is 417 g/mol. The maximum absolute atomic E-state index is 10.2. The van der Waals surface area contributed by atoms with Crippen LogP contribution in [0.15, 0.2) is 91.0 Å². The molecule has 1 aromatic heterocycles. The second-order valence-corrected chi connectivity index (χ2v) is 7.70. The van der Waals surface area contributed by atoms with E-state index in [9.17, 15) is 10.5 Å². The Morgan fingerprint density at radius 2 is 1.22 bits per heavy atom. The average Bonchev–Trinajstić information content (AvgIpc) is 3.23. The van der Waals surface area contributed by atoms with E-state index in [0.29, 0.717) is 6.42 Å². The molecule has 0 saturated carbocycles. The minimum Gasteiger partial charge on any atom is -0.300 e. The lowest BCUT2D eigenvalue weighted by Gasteiger charge is -2.39. The summed E-state index contributed by atoms with van der Waals surface area (Å²) in [4.78, 5) is 4.66. The van der Waals surface area contributed by atoms with Crippen molar-refractivity contribution in [2.75, 3.05) is 0 Å². The van der Waals surface area contributed by atoms with E-state index in [1.165, 1.54) is 0 Å². The van der Waals surface area contributed by atoms with E-state index >= 15 is 0 Å². The lowest BCUT2D eigenvalue weighted by Crippen LogP contribution is -2.39. The first-order chi connectivity index (χ1) is 15.8. The van der Waals surface area contributed by atoms with Gasteiger partial charge in [0, 0.05) is 6.42 Å². The smallest absolute Gasteiger partial charge is 0.177 e. The summed E-state index contributed by atoms with van der Waals surface area (Å²) < 4.78 is 2.00. The zero-order chi connectivity index (χ0) is 22.4. The van der Waals surface area contributed by atoms with Crippen LogP contribution in [0.2, 0.25) is 0 Å². The normalized spacial score (nSPS) is 11.0. The Kier molecular flexibility index (Phi) is 6.15. The van der Waals surface area contributed by atoms with Crippen LogP contribution in [-0.2, 0) is 12.0 Å². The highest BCUT2D eigenvalue weighted by atomic mass is 15.2. The Morgan fingerprint density at radius 1 is 0.750 bits per heavy atom. The largest absolute Gasteiger partial charge is 0.300 e. The van der Waals surface area contributed by atoms with Crippen molar-refractivity contribution in [3.8, 4) is 12.1 Å². The molecule has 4 heteroatoms. The summed E-state index contributed by atoms with van der Waals surface area (Å²) in [5.41, 5.74) is 2.64. The zero-order valence-electron chi connectivity index (χ0n) is 18.1. The fraction of sp³-hybridized carbons (Fsp3) is 0.179. The molecule has 0 N–H and O–H groups in total. The van der Waals surface area contributed by atoms with Crippen molar-refractivity contribution in [2.24, 2.45) is 0 Å². The van der Waals surface area contributed by atoms with Crippen LogP contribution >= 0.6 is 0 Å². The molecule has 0 radical (unpaired) electrons. The number of aromatic nitrogens is 2. The number of rotatable bonds is 7. The van der Waals surface area contributed by atoms with Gasteiger partial charge in [-0.3, -0.25) is 4.57 Å². The molecule has 4 aromatic rings. The number of benzene rings is 3. The molecule has 32 heavy (non-hydrogen) atoms. The molecule has 0 atom stereocenters. The lowest BCUT2D eigenvalue weighted by atomic mass is 9.76. The third kappa shape index (κ3) is 3.47. The van der Waals surface area contributed by atoms with Crippen molar-refractivity contribution in [3.63, 3.8) is 0 Å². The Hall–Kier alpha value is -4.15. The van der Waals surface area contributed by atoms with Gasteiger partial charge in [0.15, 0.2) is 11.4 Å². The molecule has 156 valence electrons. The van der Waals surface area contributed by atoms with E-state index < -0.39 is 5.54 Å². The molecular formula is C28H24N4. The predicted molar refractivity (Wildman–Crippen MR) is 125 cm³/mol. The molecule has 0 bridgehead atoms. The fourth-order valence-electron chi connectivity index (χ4n) is 4.44. The highest BCUT2D eigenvalue weighted by molar-refractivity contribution is 5.54. The van der Waals surface area contributed by atoms with Gasteiger partial charge in [0.2, 0.25) is 0 Å². The van der Waals surface area contributed by atoms with Crippen molar-refractivity contribution < 1.29 is 0 Å². The molecule has 0 unspecified atom stereocenters. The van der Waals surface area contributed by atoms with Crippen LogP contribution in [0.1, 0.15) is 53.7 Å². The number of hydrogen-bond acceptors (Lipinski definition) is 3. The predicted octanol–water partition coefficient (Wildman–Crippen LogP) is 5.81. The monoisotopic (exact) mass is 416 g/mol. The summed E-state index contributed by atoms with van der Waals surface area (Å²) in [7, 11) is 0. The van der Waals surface area contributed by atoms with E-state index in [2.05, 4.69) is 60.4 Å². The van der Waals surface area contributed by atoms with Gasteiger partial charge < -0.3 is 0 Å². The van der Waals surface area contributed by atoms with Crippen LogP contribution in [-0.4, -0.2) is 9.55 Å². The summed E-state index contributed by atoms with van der Waals surface area (Å²) in [6, 6.07) is 35.0. The number of imidazole rings is 1. The van der Waals surface area contributed by atoms with Crippen molar-refractivity contribution in [1.29, 1.82) is 10.5 Å². The second kappa shape index (κ2) is 9.33. The van der Waals surface area contributed by atoms with Crippen LogP contribution in [0.4, 0.5) is 0 Å². The molecule has 0 aliphatic rings. The zero-order valence-corrected chi connectivity index (χ0v) is 18.1. The van der Waals surface area contributed by atoms with Gasteiger partial charge in [-0.05, 0) is 23.1 Å². The fourth-order valence-corrected chi connectivity index (χ4v) is 4.44. The molecular weight excluding hydrogens is 392 g/mol. The number of hydrogen-bond donors (Lipinski definition) is 0. The van der Waals surface area contributed by atoms with Gasteiger partial charge in [0.25, 0.3) is 0 Å². The minimum atomic E-state index is -0.847. The van der Waals surface area contributed by atoms with Crippen LogP contribution < -0.4 is 0 Å².